The molecule has 1 fully saturated rings. The molecule has 1 heterocycles. The van der Waals surface area contributed by atoms with Gasteiger partial charge in [-0.15, -0.1) is 0 Å². The molecule has 2 aromatic carbocycles. The number of fused-ring (bicyclic) bond motifs is 1. The smallest absolute Gasteiger partial charge is 0.279 e. The zero-order valence-corrected chi connectivity index (χ0v) is 18.5. The highest BCUT2D eigenvalue weighted by molar-refractivity contribution is 7.89. The average Bonchev–Trinajstić information content (AvgIpc) is 3.46. The number of aryl methyl sites for hydroxylation is 3. The van der Waals surface area contributed by atoms with Crippen molar-refractivity contribution in [1.82, 2.24) is 8.87 Å². The Morgan fingerprint density at radius 1 is 1.17 bits per heavy atom. The van der Waals surface area contributed by atoms with Crippen molar-refractivity contribution < 1.29 is 13.2 Å². The Morgan fingerprint density at radius 3 is 2.45 bits per heavy atom. The van der Waals surface area contributed by atoms with Crippen LogP contribution in [0.3, 0.4) is 0 Å². The van der Waals surface area contributed by atoms with Gasteiger partial charge in [0, 0.05) is 25.7 Å². The summed E-state index contributed by atoms with van der Waals surface area (Å²) in [6.07, 6.45) is 1.80. The number of thiazole rings is 1. The van der Waals surface area contributed by atoms with E-state index in [1.165, 1.54) is 45.5 Å². The second-order valence-corrected chi connectivity index (χ2v) is 10.6. The van der Waals surface area contributed by atoms with Crippen LogP contribution in [-0.2, 0) is 17.1 Å². The van der Waals surface area contributed by atoms with Gasteiger partial charge in [0.1, 0.15) is 0 Å². The van der Waals surface area contributed by atoms with Crippen LogP contribution >= 0.6 is 11.3 Å². The minimum absolute atomic E-state index is 0.0939. The number of aromatic nitrogens is 1. The van der Waals surface area contributed by atoms with E-state index in [1.54, 1.807) is 7.05 Å². The summed E-state index contributed by atoms with van der Waals surface area (Å²) in [7, 11) is -0.0174. The number of hydrogen-bond donors (Lipinski definition) is 0. The van der Waals surface area contributed by atoms with Gasteiger partial charge >= 0.3 is 0 Å². The van der Waals surface area contributed by atoms with Gasteiger partial charge in [-0.3, -0.25) is 4.79 Å². The van der Waals surface area contributed by atoms with E-state index in [0.29, 0.717) is 10.4 Å². The van der Waals surface area contributed by atoms with E-state index >= 15 is 0 Å². The Balaban J connectivity index is 1.66. The Bertz CT molecular complexity index is 1280. The van der Waals surface area contributed by atoms with Crippen molar-refractivity contribution in [2.24, 2.45) is 12.0 Å². The third-order valence-electron chi connectivity index (χ3n) is 5.27. The van der Waals surface area contributed by atoms with Gasteiger partial charge < -0.3 is 4.57 Å². The molecule has 1 aliphatic carbocycles. The van der Waals surface area contributed by atoms with Crippen LogP contribution in [-0.4, -0.2) is 36.3 Å². The van der Waals surface area contributed by atoms with Crippen molar-refractivity contribution in [2.45, 2.75) is 37.6 Å². The zero-order valence-electron chi connectivity index (χ0n) is 16.8. The predicted octanol–water partition coefficient (Wildman–Crippen LogP) is 3.38. The fraction of sp³-hybridized carbons (Fsp3) is 0.333. The molecule has 6 nitrogen and oxygen atoms in total. The second kappa shape index (κ2) is 7.19. The molecule has 152 valence electrons. The van der Waals surface area contributed by atoms with E-state index in [-0.39, 0.29) is 16.8 Å². The largest absolute Gasteiger partial charge is 0.319 e. The first-order valence-corrected chi connectivity index (χ1v) is 11.7. The highest BCUT2D eigenvalue weighted by atomic mass is 32.2. The van der Waals surface area contributed by atoms with Crippen LogP contribution in [0.5, 0.6) is 0 Å². The van der Waals surface area contributed by atoms with Gasteiger partial charge in [0.25, 0.3) is 5.91 Å². The van der Waals surface area contributed by atoms with Crippen LogP contribution in [0.2, 0.25) is 0 Å². The van der Waals surface area contributed by atoms with Gasteiger partial charge in [0.05, 0.1) is 15.1 Å². The molecule has 0 radical (unpaired) electrons. The van der Waals surface area contributed by atoms with Crippen molar-refractivity contribution in [3.05, 3.63) is 57.9 Å². The van der Waals surface area contributed by atoms with Gasteiger partial charge in [-0.1, -0.05) is 17.4 Å². The van der Waals surface area contributed by atoms with Gasteiger partial charge in [-0.25, -0.2) is 8.42 Å². The topological polar surface area (TPSA) is 71.7 Å². The number of amides is 1. The molecule has 3 aromatic rings. The zero-order chi connectivity index (χ0) is 20.9. The normalized spacial score (nSPS) is 15.4. The fourth-order valence-corrected chi connectivity index (χ4v) is 6.12. The third-order valence-corrected chi connectivity index (χ3v) is 8.27. The van der Waals surface area contributed by atoms with Gasteiger partial charge in [-0.2, -0.15) is 9.30 Å². The SMILES string of the molecule is Cc1cc(C)c2c(c1)sc(=NC(=O)c1ccc(S(=O)(=O)N(C)C3CC3)cc1)n2C. The lowest BCUT2D eigenvalue weighted by atomic mass is 10.1. The maximum atomic E-state index is 12.7. The molecule has 0 N–H and O–H groups in total. The lowest BCUT2D eigenvalue weighted by molar-refractivity contribution is 0.0998. The van der Waals surface area contributed by atoms with Crippen LogP contribution in [0.25, 0.3) is 10.2 Å². The highest BCUT2D eigenvalue weighted by Crippen LogP contribution is 2.30. The molecular formula is C21H23N3O3S2. The van der Waals surface area contributed by atoms with Crippen LogP contribution in [0.1, 0.15) is 34.3 Å². The lowest BCUT2D eigenvalue weighted by Gasteiger charge is -2.16. The molecule has 4 rings (SSSR count). The van der Waals surface area contributed by atoms with E-state index in [0.717, 1.165) is 28.6 Å². The number of nitrogens with zero attached hydrogens (tertiary/aromatic N) is 3. The lowest BCUT2D eigenvalue weighted by Crippen LogP contribution is -2.28. The Morgan fingerprint density at radius 2 is 1.83 bits per heavy atom. The number of benzene rings is 2. The molecule has 1 saturated carbocycles. The van der Waals surface area contributed by atoms with Gasteiger partial charge in [0.2, 0.25) is 10.0 Å². The minimum atomic E-state index is -3.52. The van der Waals surface area contributed by atoms with Crippen molar-refractivity contribution in [3.63, 3.8) is 0 Å². The monoisotopic (exact) mass is 429 g/mol. The first kappa shape index (κ1) is 20.0. The molecule has 29 heavy (non-hydrogen) atoms. The van der Waals surface area contributed by atoms with Crippen molar-refractivity contribution in [1.29, 1.82) is 0 Å². The average molecular weight is 430 g/mol. The van der Waals surface area contributed by atoms with Gasteiger partial charge in [-0.05, 0) is 68.1 Å². The first-order chi connectivity index (χ1) is 13.7. The van der Waals surface area contributed by atoms with Crippen LogP contribution in [0, 0.1) is 13.8 Å². The third kappa shape index (κ3) is 3.68. The van der Waals surface area contributed by atoms with Gasteiger partial charge in [0.15, 0.2) is 4.80 Å². The molecule has 0 atom stereocenters. The molecule has 1 amide bonds. The van der Waals surface area contributed by atoms with E-state index in [4.69, 9.17) is 0 Å². The number of hydrogen-bond acceptors (Lipinski definition) is 4. The predicted molar refractivity (Wildman–Crippen MR) is 115 cm³/mol. The van der Waals surface area contributed by atoms with Crippen molar-refractivity contribution >= 4 is 37.5 Å². The molecule has 0 saturated heterocycles. The maximum absolute atomic E-state index is 12.7. The summed E-state index contributed by atoms with van der Waals surface area (Å²) in [4.78, 5) is 17.8. The molecule has 0 unspecified atom stereocenters. The molecular weight excluding hydrogens is 406 g/mol. The molecule has 0 spiro atoms. The number of carbonyl (C=O) groups excluding carboxylic acids is 1. The second-order valence-electron chi connectivity index (χ2n) is 7.57. The summed E-state index contributed by atoms with van der Waals surface area (Å²) in [6.45, 7) is 4.09. The minimum Gasteiger partial charge on any atom is -0.319 e. The standard InChI is InChI=1S/C21H23N3O3S2/c1-13-11-14(2)19-18(12-13)28-21(23(19)3)22-20(25)15-5-9-17(10-6-15)29(26,27)24(4)16-7-8-16/h5-6,9-12,16H,7-8H2,1-4H3. The van der Waals surface area contributed by atoms with Crippen LogP contribution in [0.15, 0.2) is 46.3 Å². The molecule has 0 bridgehead atoms. The summed E-state index contributed by atoms with van der Waals surface area (Å²) in [6, 6.07) is 10.3. The number of sulfonamides is 1. The summed E-state index contributed by atoms with van der Waals surface area (Å²) in [5.41, 5.74) is 3.74. The Hall–Kier alpha value is -2.29. The van der Waals surface area contributed by atoms with E-state index in [1.807, 2.05) is 25.5 Å². The van der Waals surface area contributed by atoms with E-state index < -0.39 is 10.0 Å². The molecule has 1 aliphatic rings. The fourth-order valence-electron chi connectivity index (χ4n) is 3.51. The first-order valence-electron chi connectivity index (χ1n) is 9.42. The van der Waals surface area contributed by atoms with Crippen LogP contribution in [0.4, 0.5) is 0 Å². The van der Waals surface area contributed by atoms with E-state index in [2.05, 4.69) is 17.1 Å². The van der Waals surface area contributed by atoms with E-state index in [9.17, 15) is 13.2 Å². The highest BCUT2D eigenvalue weighted by Gasteiger charge is 2.35. The summed E-state index contributed by atoms with van der Waals surface area (Å²) < 4.78 is 29.6. The Labute approximate surface area is 174 Å². The van der Waals surface area contributed by atoms with Crippen LogP contribution < -0.4 is 4.80 Å². The molecule has 0 aliphatic heterocycles. The maximum Gasteiger partial charge on any atom is 0.279 e. The van der Waals surface area contributed by atoms with Crippen molar-refractivity contribution in [2.75, 3.05) is 7.05 Å². The molecule has 1 aromatic heterocycles. The Kier molecular flexibility index (Phi) is 4.96. The summed E-state index contributed by atoms with van der Waals surface area (Å²) in [5.74, 6) is -0.388. The van der Waals surface area contributed by atoms with Crippen molar-refractivity contribution in [3.8, 4) is 0 Å². The summed E-state index contributed by atoms with van der Waals surface area (Å²) in [5, 5.41) is 0. The quantitative estimate of drug-likeness (QED) is 0.638. The number of carbonyl (C=O) groups is 1. The number of rotatable bonds is 4. The molecule has 8 heteroatoms. The summed E-state index contributed by atoms with van der Waals surface area (Å²) >= 11 is 1.47.